The summed E-state index contributed by atoms with van der Waals surface area (Å²) in [7, 11) is 0. The number of benzene rings is 3. The van der Waals surface area contributed by atoms with Gasteiger partial charge in [-0.15, -0.1) is 11.8 Å². The van der Waals surface area contributed by atoms with Crippen LogP contribution in [0.25, 0.3) is 0 Å². The van der Waals surface area contributed by atoms with Gasteiger partial charge < -0.3 is 5.32 Å². The van der Waals surface area contributed by atoms with Crippen LogP contribution < -0.4 is 5.32 Å². The summed E-state index contributed by atoms with van der Waals surface area (Å²) in [4.78, 5) is 13.8. The first-order valence-electron chi connectivity index (χ1n) is 8.02. The zero-order chi connectivity index (χ0) is 17.5. The van der Waals surface area contributed by atoms with Crippen LogP contribution in [0.3, 0.4) is 0 Å². The molecule has 0 fully saturated rings. The summed E-state index contributed by atoms with van der Waals surface area (Å²) in [6.07, 6.45) is 0. The molecule has 0 aliphatic carbocycles. The van der Waals surface area contributed by atoms with Crippen molar-refractivity contribution in [1.29, 1.82) is 0 Å². The third-order valence-corrected chi connectivity index (χ3v) is 5.01. The second-order valence-corrected chi connectivity index (χ2v) is 6.71. The van der Waals surface area contributed by atoms with Gasteiger partial charge in [-0.1, -0.05) is 66.7 Å². The first-order valence-corrected chi connectivity index (χ1v) is 8.90. The van der Waals surface area contributed by atoms with Gasteiger partial charge in [0.2, 0.25) is 5.91 Å². The van der Waals surface area contributed by atoms with E-state index in [1.54, 1.807) is 18.2 Å². The van der Waals surface area contributed by atoms with Crippen LogP contribution in [0.2, 0.25) is 0 Å². The fourth-order valence-corrected chi connectivity index (χ4v) is 3.52. The Morgan fingerprint density at radius 3 is 2.16 bits per heavy atom. The van der Waals surface area contributed by atoms with Crippen LogP contribution in [0.4, 0.5) is 4.39 Å². The molecular formula is C21H18FNOS. The SMILES string of the molecule is O=C(NCc1ccccc1F)[C@@H](Sc1ccccc1)c1ccccc1. The maximum absolute atomic E-state index is 13.8. The van der Waals surface area contributed by atoms with Gasteiger partial charge in [-0.2, -0.15) is 0 Å². The van der Waals surface area contributed by atoms with Gasteiger partial charge in [0.05, 0.1) is 0 Å². The molecule has 0 saturated heterocycles. The van der Waals surface area contributed by atoms with Crippen molar-refractivity contribution in [3.05, 3.63) is 102 Å². The van der Waals surface area contributed by atoms with Crippen LogP contribution >= 0.6 is 11.8 Å². The summed E-state index contributed by atoms with van der Waals surface area (Å²) in [5.74, 6) is -0.446. The number of hydrogen-bond acceptors (Lipinski definition) is 2. The lowest BCUT2D eigenvalue weighted by molar-refractivity contribution is -0.120. The molecule has 0 unspecified atom stereocenters. The fourth-order valence-electron chi connectivity index (χ4n) is 2.45. The van der Waals surface area contributed by atoms with Gasteiger partial charge >= 0.3 is 0 Å². The van der Waals surface area contributed by atoms with Crippen molar-refractivity contribution in [3.63, 3.8) is 0 Å². The average Bonchev–Trinajstić information content (AvgIpc) is 2.67. The van der Waals surface area contributed by atoms with E-state index in [-0.39, 0.29) is 18.3 Å². The number of halogens is 1. The van der Waals surface area contributed by atoms with Crippen molar-refractivity contribution >= 4 is 17.7 Å². The summed E-state index contributed by atoms with van der Waals surface area (Å²) in [5, 5.41) is 2.47. The molecular weight excluding hydrogens is 333 g/mol. The monoisotopic (exact) mass is 351 g/mol. The van der Waals surface area contributed by atoms with E-state index in [0.29, 0.717) is 5.56 Å². The molecule has 0 radical (unpaired) electrons. The lowest BCUT2D eigenvalue weighted by Crippen LogP contribution is -2.27. The van der Waals surface area contributed by atoms with Gasteiger partial charge in [0, 0.05) is 17.0 Å². The number of amides is 1. The van der Waals surface area contributed by atoms with Crippen LogP contribution in [0.1, 0.15) is 16.4 Å². The Morgan fingerprint density at radius 1 is 0.880 bits per heavy atom. The van der Waals surface area contributed by atoms with Crippen LogP contribution in [0, 0.1) is 5.82 Å². The molecule has 4 heteroatoms. The van der Waals surface area contributed by atoms with Crippen molar-refractivity contribution in [2.75, 3.05) is 0 Å². The third-order valence-electron chi connectivity index (χ3n) is 3.75. The predicted octanol–water partition coefficient (Wildman–Crippen LogP) is 4.98. The highest BCUT2D eigenvalue weighted by atomic mass is 32.2. The highest BCUT2D eigenvalue weighted by Gasteiger charge is 2.21. The molecule has 2 nitrogen and oxygen atoms in total. The Hall–Kier alpha value is -2.59. The van der Waals surface area contributed by atoms with Crippen LogP contribution in [-0.4, -0.2) is 5.91 Å². The molecule has 0 spiro atoms. The van der Waals surface area contributed by atoms with E-state index in [1.165, 1.54) is 17.8 Å². The molecule has 0 heterocycles. The molecule has 3 aromatic carbocycles. The molecule has 1 N–H and O–H groups in total. The fraction of sp³-hybridized carbons (Fsp3) is 0.0952. The van der Waals surface area contributed by atoms with Gasteiger partial charge in [0.15, 0.2) is 0 Å². The van der Waals surface area contributed by atoms with E-state index < -0.39 is 5.25 Å². The molecule has 3 rings (SSSR count). The largest absolute Gasteiger partial charge is 0.351 e. The Kier molecular flexibility index (Phi) is 5.86. The minimum atomic E-state index is -0.393. The zero-order valence-electron chi connectivity index (χ0n) is 13.6. The molecule has 25 heavy (non-hydrogen) atoms. The minimum Gasteiger partial charge on any atom is -0.351 e. The Balaban J connectivity index is 1.76. The predicted molar refractivity (Wildman–Crippen MR) is 99.7 cm³/mol. The van der Waals surface area contributed by atoms with Crippen molar-refractivity contribution < 1.29 is 9.18 Å². The highest BCUT2D eigenvalue weighted by Crippen LogP contribution is 2.35. The smallest absolute Gasteiger partial charge is 0.238 e. The van der Waals surface area contributed by atoms with Gasteiger partial charge in [-0.3, -0.25) is 4.79 Å². The van der Waals surface area contributed by atoms with Crippen molar-refractivity contribution in [2.24, 2.45) is 0 Å². The Bertz CT molecular complexity index is 824. The molecule has 0 aliphatic heterocycles. The van der Waals surface area contributed by atoms with E-state index in [2.05, 4.69) is 5.32 Å². The summed E-state index contributed by atoms with van der Waals surface area (Å²) in [5.41, 5.74) is 1.40. The molecule has 0 aliphatic rings. The molecule has 1 amide bonds. The summed E-state index contributed by atoms with van der Waals surface area (Å²) < 4.78 is 13.8. The third kappa shape index (κ3) is 4.70. The lowest BCUT2D eigenvalue weighted by atomic mass is 10.1. The number of nitrogens with one attached hydrogen (secondary N) is 1. The van der Waals surface area contributed by atoms with Gasteiger partial charge in [0.1, 0.15) is 11.1 Å². The first kappa shape index (κ1) is 17.2. The summed E-state index contributed by atoms with van der Waals surface area (Å²) >= 11 is 1.48. The first-order chi connectivity index (χ1) is 12.2. The van der Waals surface area contributed by atoms with Gasteiger partial charge in [-0.05, 0) is 23.8 Å². The number of rotatable bonds is 6. The number of hydrogen-bond donors (Lipinski definition) is 1. The minimum absolute atomic E-state index is 0.136. The van der Waals surface area contributed by atoms with Crippen molar-refractivity contribution in [1.82, 2.24) is 5.32 Å². The van der Waals surface area contributed by atoms with E-state index in [0.717, 1.165) is 10.5 Å². The van der Waals surface area contributed by atoms with E-state index in [9.17, 15) is 9.18 Å². The van der Waals surface area contributed by atoms with Crippen LogP contribution in [0.5, 0.6) is 0 Å². The second-order valence-electron chi connectivity index (χ2n) is 5.53. The standard InChI is InChI=1S/C21H18FNOS/c22-19-14-8-7-11-17(19)15-23-21(24)20(16-9-3-1-4-10-16)25-18-12-5-2-6-13-18/h1-14,20H,15H2,(H,23,24)/t20-/m0/s1. The van der Waals surface area contributed by atoms with E-state index in [4.69, 9.17) is 0 Å². The highest BCUT2D eigenvalue weighted by molar-refractivity contribution is 8.00. The summed E-state index contributed by atoms with van der Waals surface area (Å²) in [6, 6.07) is 25.9. The van der Waals surface area contributed by atoms with Crippen molar-refractivity contribution in [3.8, 4) is 0 Å². The second kappa shape index (κ2) is 8.49. The molecule has 0 saturated carbocycles. The molecule has 3 aromatic rings. The van der Waals surface area contributed by atoms with E-state index in [1.807, 2.05) is 60.7 Å². The average molecular weight is 351 g/mol. The normalized spacial score (nSPS) is 11.7. The maximum atomic E-state index is 13.8. The summed E-state index contributed by atoms with van der Waals surface area (Å²) in [6.45, 7) is 0.171. The quantitative estimate of drug-likeness (QED) is 0.635. The zero-order valence-corrected chi connectivity index (χ0v) is 14.4. The van der Waals surface area contributed by atoms with Gasteiger partial charge in [-0.25, -0.2) is 4.39 Å². The van der Waals surface area contributed by atoms with E-state index >= 15 is 0 Å². The van der Waals surface area contributed by atoms with Gasteiger partial charge in [0.25, 0.3) is 0 Å². The molecule has 0 aromatic heterocycles. The topological polar surface area (TPSA) is 29.1 Å². The number of carbonyl (C=O) groups is 1. The molecule has 0 bridgehead atoms. The van der Waals surface area contributed by atoms with Crippen LogP contribution in [0.15, 0.2) is 89.8 Å². The lowest BCUT2D eigenvalue weighted by Gasteiger charge is -2.17. The Labute approximate surface area is 151 Å². The Morgan fingerprint density at radius 2 is 1.48 bits per heavy atom. The number of carbonyl (C=O) groups excluding carboxylic acids is 1. The van der Waals surface area contributed by atoms with Crippen molar-refractivity contribution in [2.45, 2.75) is 16.7 Å². The molecule has 126 valence electrons. The number of thioether (sulfide) groups is 1. The van der Waals surface area contributed by atoms with Crippen LogP contribution in [-0.2, 0) is 11.3 Å². The molecule has 1 atom stereocenters. The maximum Gasteiger partial charge on any atom is 0.238 e.